The molecule has 2 aromatic heterocycles. The Morgan fingerprint density at radius 3 is 2.61 bits per heavy atom. The number of aryl methyl sites for hydroxylation is 1. The standard InChI is InChI=1S/C25H25FN4O.C2H6/c1-30-10-8-25(9-11-30)14-28-24(31)21-17-7-6-15-13-27-20(16-4-2-3-5-19(16)26)12-18(15)22(17)29-23(21)25;1-2/h2-5,12-13,29H,6-11,14H2,1H3,(H,28,31);1-2H3. The molecule has 0 bridgehead atoms. The minimum absolute atomic E-state index is 0.0314. The van der Waals surface area contributed by atoms with Crippen LogP contribution in [-0.4, -0.2) is 47.5 Å². The molecule has 3 aromatic rings. The summed E-state index contributed by atoms with van der Waals surface area (Å²) >= 11 is 0. The molecule has 1 spiro atoms. The maximum atomic E-state index is 14.4. The SMILES string of the molecule is CC.CN1CCC2(CC1)CNC(=O)c1c2[nH]c2c1CCc1cnc(-c3ccccc3F)cc1-2. The number of hydrogen-bond acceptors (Lipinski definition) is 3. The Balaban J connectivity index is 0.00000111. The summed E-state index contributed by atoms with van der Waals surface area (Å²) in [6.45, 7) is 6.74. The van der Waals surface area contributed by atoms with Gasteiger partial charge in [-0.05, 0) is 75.1 Å². The zero-order valence-corrected chi connectivity index (χ0v) is 19.6. The summed E-state index contributed by atoms with van der Waals surface area (Å²) in [5.74, 6) is -0.245. The van der Waals surface area contributed by atoms with E-state index in [1.165, 1.54) is 6.07 Å². The van der Waals surface area contributed by atoms with Crippen LogP contribution in [0, 0.1) is 5.82 Å². The first-order valence-electron chi connectivity index (χ1n) is 12.0. The maximum absolute atomic E-state index is 14.4. The molecule has 3 aliphatic rings. The molecule has 1 amide bonds. The lowest BCUT2D eigenvalue weighted by molar-refractivity contribution is 0.0893. The van der Waals surface area contributed by atoms with Crippen LogP contribution in [0.1, 0.15) is 53.9 Å². The third kappa shape index (κ3) is 3.48. The van der Waals surface area contributed by atoms with Gasteiger partial charge < -0.3 is 15.2 Å². The molecular formula is C27H31FN4O. The molecule has 6 rings (SSSR count). The van der Waals surface area contributed by atoms with Gasteiger partial charge in [0.2, 0.25) is 0 Å². The van der Waals surface area contributed by atoms with Gasteiger partial charge in [-0.15, -0.1) is 0 Å². The van der Waals surface area contributed by atoms with Gasteiger partial charge >= 0.3 is 0 Å². The van der Waals surface area contributed by atoms with Crippen LogP contribution >= 0.6 is 0 Å². The van der Waals surface area contributed by atoms with E-state index in [4.69, 9.17) is 0 Å². The Morgan fingerprint density at radius 2 is 1.85 bits per heavy atom. The van der Waals surface area contributed by atoms with Gasteiger partial charge in [0.25, 0.3) is 5.91 Å². The number of pyridine rings is 1. The van der Waals surface area contributed by atoms with Crippen molar-refractivity contribution in [3.8, 4) is 22.5 Å². The van der Waals surface area contributed by atoms with Gasteiger partial charge in [0, 0.05) is 35.0 Å². The summed E-state index contributed by atoms with van der Waals surface area (Å²) in [5.41, 5.74) is 7.34. The first-order valence-corrected chi connectivity index (χ1v) is 12.0. The topological polar surface area (TPSA) is 61.0 Å². The summed E-state index contributed by atoms with van der Waals surface area (Å²) in [7, 11) is 2.16. The molecule has 0 unspecified atom stereocenters. The number of nitrogens with zero attached hydrogens (tertiary/aromatic N) is 2. The first-order chi connectivity index (χ1) is 16.1. The highest BCUT2D eigenvalue weighted by molar-refractivity contribution is 6.01. The Morgan fingerprint density at radius 1 is 1.09 bits per heavy atom. The monoisotopic (exact) mass is 446 g/mol. The molecule has 1 aromatic carbocycles. The number of aromatic amines is 1. The molecule has 5 nitrogen and oxygen atoms in total. The molecule has 1 aliphatic carbocycles. The van der Waals surface area contributed by atoms with Gasteiger partial charge in [0.15, 0.2) is 0 Å². The molecule has 4 heterocycles. The number of nitrogens with one attached hydrogen (secondary N) is 2. The quantitative estimate of drug-likeness (QED) is 0.569. The zero-order chi connectivity index (χ0) is 23.2. The smallest absolute Gasteiger partial charge is 0.253 e. The fraction of sp³-hybridized carbons (Fsp3) is 0.407. The van der Waals surface area contributed by atoms with E-state index in [-0.39, 0.29) is 17.1 Å². The van der Waals surface area contributed by atoms with Crippen molar-refractivity contribution >= 4 is 5.91 Å². The number of H-pyrrole nitrogens is 1. The number of benzene rings is 1. The van der Waals surface area contributed by atoms with Crippen LogP contribution in [0.2, 0.25) is 0 Å². The van der Waals surface area contributed by atoms with E-state index in [1.807, 2.05) is 32.2 Å². The molecule has 172 valence electrons. The van der Waals surface area contributed by atoms with Crippen LogP contribution in [-0.2, 0) is 18.3 Å². The predicted molar refractivity (Wildman–Crippen MR) is 129 cm³/mol. The Labute approximate surface area is 194 Å². The van der Waals surface area contributed by atoms with E-state index in [2.05, 4.69) is 27.2 Å². The lowest BCUT2D eigenvalue weighted by Gasteiger charge is -2.43. The number of amides is 1. The minimum atomic E-state index is -0.276. The van der Waals surface area contributed by atoms with E-state index in [0.717, 1.165) is 72.4 Å². The molecule has 6 heteroatoms. The second kappa shape index (κ2) is 8.41. The fourth-order valence-corrected chi connectivity index (χ4v) is 5.56. The van der Waals surface area contributed by atoms with Crippen molar-refractivity contribution in [1.82, 2.24) is 20.2 Å². The number of hydrogen-bond donors (Lipinski definition) is 2. The van der Waals surface area contributed by atoms with Crippen molar-refractivity contribution in [2.24, 2.45) is 0 Å². The molecule has 2 N–H and O–H groups in total. The fourth-order valence-electron chi connectivity index (χ4n) is 5.56. The maximum Gasteiger partial charge on any atom is 0.253 e. The predicted octanol–water partition coefficient (Wildman–Crippen LogP) is 4.71. The average molecular weight is 447 g/mol. The number of fused-ring (bicyclic) bond motifs is 6. The Kier molecular flexibility index (Phi) is 5.57. The lowest BCUT2D eigenvalue weighted by Crippen LogP contribution is -2.52. The third-order valence-corrected chi connectivity index (χ3v) is 7.44. The van der Waals surface area contributed by atoms with Crippen molar-refractivity contribution in [1.29, 1.82) is 0 Å². The molecule has 33 heavy (non-hydrogen) atoms. The number of piperidine rings is 1. The number of aromatic nitrogens is 2. The number of likely N-dealkylation sites (tertiary alicyclic amines) is 1. The summed E-state index contributed by atoms with van der Waals surface area (Å²) in [5, 5.41) is 3.18. The van der Waals surface area contributed by atoms with E-state index in [1.54, 1.807) is 12.1 Å². The van der Waals surface area contributed by atoms with E-state index in [0.29, 0.717) is 17.8 Å². The second-order valence-electron chi connectivity index (χ2n) is 9.20. The summed E-state index contributed by atoms with van der Waals surface area (Å²) in [4.78, 5) is 23.6. The molecule has 0 radical (unpaired) electrons. The highest BCUT2D eigenvalue weighted by Crippen LogP contribution is 2.45. The summed E-state index contributed by atoms with van der Waals surface area (Å²) in [6, 6.07) is 8.71. The average Bonchev–Trinajstić information content (AvgIpc) is 3.26. The Bertz CT molecular complexity index is 1210. The van der Waals surface area contributed by atoms with Crippen LogP contribution in [0.4, 0.5) is 4.39 Å². The van der Waals surface area contributed by atoms with Crippen molar-refractivity contribution in [2.75, 3.05) is 26.7 Å². The minimum Gasteiger partial charge on any atom is -0.357 e. The second-order valence-corrected chi connectivity index (χ2v) is 9.20. The number of halogens is 1. The van der Waals surface area contributed by atoms with E-state index >= 15 is 0 Å². The highest BCUT2D eigenvalue weighted by Gasteiger charge is 2.45. The molecular weight excluding hydrogens is 415 g/mol. The van der Waals surface area contributed by atoms with Crippen LogP contribution in [0.3, 0.4) is 0 Å². The molecule has 2 aliphatic heterocycles. The van der Waals surface area contributed by atoms with Crippen molar-refractivity contribution in [2.45, 2.75) is 44.9 Å². The third-order valence-electron chi connectivity index (χ3n) is 7.44. The van der Waals surface area contributed by atoms with Crippen LogP contribution < -0.4 is 5.32 Å². The van der Waals surface area contributed by atoms with E-state index < -0.39 is 0 Å². The lowest BCUT2D eigenvalue weighted by atomic mass is 9.72. The number of carbonyl (C=O) groups excluding carboxylic acids is 1. The van der Waals surface area contributed by atoms with Crippen molar-refractivity contribution < 1.29 is 9.18 Å². The summed E-state index contributed by atoms with van der Waals surface area (Å²) in [6.07, 6.45) is 5.57. The normalized spacial score (nSPS) is 18.5. The zero-order valence-electron chi connectivity index (χ0n) is 19.6. The van der Waals surface area contributed by atoms with Crippen LogP contribution in [0.25, 0.3) is 22.5 Å². The van der Waals surface area contributed by atoms with Gasteiger partial charge in [0.05, 0.1) is 17.0 Å². The molecule has 0 atom stereocenters. The van der Waals surface area contributed by atoms with E-state index in [9.17, 15) is 9.18 Å². The summed E-state index contributed by atoms with van der Waals surface area (Å²) < 4.78 is 14.4. The van der Waals surface area contributed by atoms with Gasteiger partial charge in [-0.2, -0.15) is 0 Å². The van der Waals surface area contributed by atoms with Gasteiger partial charge in [-0.1, -0.05) is 26.0 Å². The Hall–Kier alpha value is -2.99. The van der Waals surface area contributed by atoms with Crippen molar-refractivity contribution in [3.63, 3.8) is 0 Å². The van der Waals surface area contributed by atoms with Gasteiger partial charge in [0.1, 0.15) is 5.82 Å². The number of rotatable bonds is 1. The highest BCUT2D eigenvalue weighted by atomic mass is 19.1. The molecule has 1 saturated heterocycles. The van der Waals surface area contributed by atoms with Crippen molar-refractivity contribution in [3.05, 3.63) is 64.7 Å². The van der Waals surface area contributed by atoms with Gasteiger partial charge in [-0.3, -0.25) is 9.78 Å². The first kappa shape index (κ1) is 21.8. The molecule has 0 saturated carbocycles. The van der Waals surface area contributed by atoms with Crippen LogP contribution in [0.15, 0.2) is 36.5 Å². The largest absolute Gasteiger partial charge is 0.357 e. The number of carbonyl (C=O) groups is 1. The van der Waals surface area contributed by atoms with Crippen LogP contribution in [0.5, 0.6) is 0 Å². The van der Waals surface area contributed by atoms with Gasteiger partial charge in [-0.25, -0.2) is 4.39 Å². The molecule has 1 fully saturated rings.